The summed E-state index contributed by atoms with van der Waals surface area (Å²) in [4.78, 5) is 21.6. The van der Waals surface area contributed by atoms with Gasteiger partial charge in [0.05, 0.1) is 23.4 Å². The van der Waals surface area contributed by atoms with Gasteiger partial charge in [-0.25, -0.2) is 9.97 Å². The summed E-state index contributed by atoms with van der Waals surface area (Å²) in [7, 11) is 0. The summed E-state index contributed by atoms with van der Waals surface area (Å²) in [6.45, 7) is 5.98. The predicted molar refractivity (Wildman–Crippen MR) is 130 cm³/mol. The van der Waals surface area contributed by atoms with Crippen molar-refractivity contribution in [1.82, 2.24) is 15.3 Å². The molecule has 0 unspecified atom stereocenters. The van der Waals surface area contributed by atoms with E-state index in [0.717, 1.165) is 22.3 Å². The lowest BCUT2D eigenvalue weighted by molar-refractivity contribution is 0.0675. The number of anilines is 1. The van der Waals surface area contributed by atoms with Gasteiger partial charge in [0.2, 0.25) is 0 Å². The average molecular weight is 454 g/mol. The second-order valence-corrected chi connectivity index (χ2v) is 9.70. The zero-order chi connectivity index (χ0) is 23.9. The Morgan fingerprint density at radius 3 is 2.50 bits per heavy atom. The molecule has 2 aromatic carbocycles. The van der Waals surface area contributed by atoms with E-state index in [1.54, 1.807) is 6.20 Å². The van der Waals surface area contributed by atoms with Crippen LogP contribution in [0.1, 0.15) is 48.2 Å². The van der Waals surface area contributed by atoms with Gasteiger partial charge < -0.3 is 15.8 Å². The van der Waals surface area contributed by atoms with E-state index in [0.29, 0.717) is 55.4 Å². The van der Waals surface area contributed by atoms with Gasteiger partial charge in [0.15, 0.2) is 0 Å². The number of fused-ring (bicyclic) bond motifs is 1. The van der Waals surface area contributed by atoms with Gasteiger partial charge in [0.25, 0.3) is 5.91 Å². The van der Waals surface area contributed by atoms with Gasteiger partial charge in [-0.15, -0.1) is 0 Å². The summed E-state index contributed by atoms with van der Waals surface area (Å²) in [5.74, 6) is 0.275. The van der Waals surface area contributed by atoms with Crippen molar-refractivity contribution in [2.45, 2.75) is 37.5 Å². The molecule has 7 heteroatoms. The molecule has 0 spiro atoms. The Kier molecular flexibility index (Phi) is 5.34. The van der Waals surface area contributed by atoms with E-state index in [1.165, 1.54) is 0 Å². The molecule has 3 heterocycles. The fraction of sp³-hybridized carbons (Fsp3) is 0.333. The number of nitrogen functional groups attached to an aromatic ring is 1. The van der Waals surface area contributed by atoms with Gasteiger partial charge in [0, 0.05) is 41.9 Å². The molecule has 1 fully saturated rings. The maximum absolute atomic E-state index is 12.3. The fourth-order valence-corrected chi connectivity index (χ4v) is 4.84. The van der Waals surface area contributed by atoms with Crippen LogP contribution < -0.4 is 11.1 Å². The van der Waals surface area contributed by atoms with Crippen molar-refractivity contribution >= 4 is 11.7 Å². The second kappa shape index (κ2) is 8.23. The third-order valence-electron chi connectivity index (χ3n) is 7.05. The number of nitrogens with zero attached hydrogens (tertiary/aromatic N) is 3. The number of nitriles is 1. The lowest BCUT2D eigenvalue weighted by Crippen LogP contribution is -2.43. The molecule has 0 radical (unpaired) electrons. The Labute approximate surface area is 199 Å². The molecule has 0 saturated carbocycles. The van der Waals surface area contributed by atoms with E-state index >= 15 is 0 Å². The summed E-state index contributed by atoms with van der Waals surface area (Å²) >= 11 is 0. The number of carbonyl (C=O) groups is 1. The van der Waals surface area contributed by atoms with E-state index in [4.69, 9.17) is 15.5 Å². The molecule has 0 atom stereocenters. The predicted octanol–water partition coefficient (Wildman–Crippen LogP) is 3.99. The molecule has 34 heavy (non-hydrogen) atoms. The summed E-state index contributed by atoms with van der Waals surface area (Å²) < 4.78 is 5.46. The van der Waals surface area contributed by atoms with Gasteiger partial charge in [0.1, 0.15) is 11.5 Å². The van der Waals surface area contributed by atoms with Gasteiger partial charge in [-0.3, -0.25) is 4.79 Å². The highest BCUT2D eigenvalue weighted by Crippen LogP contribution is 2.36. The lowest BCUT2D eigenvalue weighted by Gasteiger charge is -2.32. The van der Waals surface area contributed by atoms with Crippen molar-refractivity contribution in [2.75, 3.05) is 25.5 Å². The van der Waals surface area contributed by atoms with Crippen LogP contribution in [0.15, 0.2) is 48.7 Å². The van der Waals surface area contributed by atoms with Gasteiger partial charge in [-0.2, -0.15) is 5.26 Å². The minimum Gasteiger partial charge on any atom is -0.382 e. The smallest absolute Gasteiger partial charge is 0.251 e. The molecule has 2 aliphatic rings. The number of amides is 1. The molecule has 3 aromatic rings. The first-order valence-electron chi connectivity index (χ1n) is 11.5. The number of aromatic nitrogens is 2. The third kappa shape index (κ3) is 3.70. The highest BCUT2D eigenvalue weighted by atomic mass is 16.5. The van der Waals surface area contributed by atoms with Crippen molar-refractivity contribution in [3.05, 3.63) is 65.4 Å². The van der Waals surface area contributed by atoms with Crippen LogP contribution in [0.2, 0.25) is 0 Å². The van der Waals surface area contributed by atoms with E-state index in [9.17, 15) is 10.1 Å². The van der Waals surface area contributed by atoms with Crippen molar-refractivity contribution in [3.8, 4) is 28.6 Å². The molecular formula is C27H27N5O2. The van der Waals surface area contributed by atoms with E-state index in [1.807, 2.05) is 42.5 Å². The highest BCUT2D eigenvalue weighted by molar-refractivity contribution is 5.98. The largest absolute Gasteiger partial charge is 0.382 e. The fourth-order valence-electron chi connectivity index (χ4n) is 4.84. The number of ether oxygens (including phenoxy) is 1. The first kappa shape index (κ1) is 22.1. The SMILES string of the molecule is CC1(C)CNC(=O)c2ccc(-c3nc(-c4ccc(C5(C#N)CCOCC5)cc4)cnc3N)cc21. The molecule has 7 nitrogen and oxygen atoms in total. The Bertz CT molecular complexity index is 1300. The maximum Gasteiger partial charge on any atom is 0.251 e. The van der Waals surface area contributed by atoms with Crippen LogP contribution in [0, 0.1) is 11.3 Å². The second-order valence-electron chi connectivity index (χ2n) is 9.70. The molecule has 3 N–H and O–H groups in total. The van der Waals surface area contributed by atoms with Crippen LogP contribution in [0.3, 0.4) is 0 Å². The first-order valence-corrected chi connectivity index (χ1v) is 11.5. The van der Waals surface area contributed by atoms with E-state index in [2.05, 4.69) is 30.2 Å². The molecule has 1 amide bonds. The van der Waals surface area contributed by atoms with Crippen molar-refractivity contribution < 1.29 is 9.53 Å². The Morgan fingerprint density at radius 1 is 1.09 bits per heavy atom. The normalized spacial score (nSPS) is 18.4. The number of carbonyl (C=O) groups excluding carboxylic acids is 1. The van der Waals surface area contributed by atoms with Crippen LogP contribution in [0.4, 0.5) is 5.82 Å². The van der Waals surface area contributed by atoms with E-state index in [-0.39, 0.29) is 11.3 Å². The monoisotopic (exact) mass is 453 g/mol. The molecule has 1 aromatic heterocycles. The highest BCUT2D eigenvalue weighted by Gasteiger charge is 2.35. The molecular weight excluding hydrogens is 426 g/mol. The number of hydrogen-bond donors (Lipinski definition) is 2. The number of nitrogens with two attached hydrogens (primary N) is 1. The molecule has 0 aliphatic carbocycles. The average Bonchev–Trinajstić information content (AvgIpc) is 2.87. The zero-order valence-corrected chi connectivity index (χ0v) is 19.4. The topological polar surface area (TPSA) is 114 Å². The van der Waals surface area contributed by atoms with Crippen molar-refractivity contribution in [1.29, 1.82) is 5.26 Å². The van der Waals surface area contributed by atoms with Crippen molar-refractivity contribution in [2.24, 2.45) is 0 Å². The number of benzene rings is 2. The van der Waals surface area contributed by atoms with Crippen LogP contribution in [0.5, 0.6) is 0 Å². The minimum atomic E-state index is -0.503. The number of hydrogen-bond acceptors (Lipinski definition) is 6. The standard InChI is InChI=1S/C27H27N5O2/c1-26(2)16-31-25(33)20-8-5-18(13-21(20)26)23-24(29)30-14-22(32-23)17-3-6-19(7-4-17)27(15-28)9-11-34-12-10-27/h3-8,13-14H,9-12,16H2,1-2H3,(H2,29,30)(H,31,33). The van der Waals surface area contributed by atoms with Crippen LogP contribution >= 0.6 is 0 Å². The van der Waals surface area contributed by atoms with Crippen LogP contribution in [-0.2, 0) is 15.6 Å². The quantitative estimate of drug-likeness (QED) is 0.620. The maximum atomic E-state index is 12.3. The van der Waals surface area contributed by atoms with Gasteiger partial charge in [-0.1, -0.05) is 44.2 Å². The molecule has 172 valence electrons. The number of nitrogens with one attached hydrogen (secondary N) is 1. The lowest BCUT2D eigenvalue weighted by atomic mass is 9.75. The zero-order valence-electron chi connectivity index (χ0n) is 19.4. The summed E-state index contributed by atoms with van der Waals surface area (Å²) in [6.07, 6.45) is 3.06. The Balaban J connectivity index is 1.51. The molecule has 2 aliphatic heterocycles. The van der Waals surface area contributed by atoms with E-state index < -0.39 is 5.41 Å². The third-order valence-corrected chi connectivity index (χ3v) is 7.05. The summed E-state index contributed by atoms with van der Waals surface area (Å²) in [5.41, 5.74) is 11.2. The van der Waals surface area contributed by atoms with Gasteiger partial charge >= 0.3 is 0 Å². The number of rotatable bonds is 3. The van der Waals surface area contributed by atoms with Crippen LogP contribution in [-0.4, -0.2) is 35.6 Å². The molecule has 1 saturated heterocycles. The first-order chi connectivity index (χ1) is 16.3. The summed E-state index contributed by atoms with van der Waals surface area (Å²) in [6, 6.07) is 16.2. The van der Waals surface area contributed by atoms with Crippen molar-refractivity contribution in [3.63, 3.8) is 0 Å². The Morgan fingerprint density at radius 2 is 1.79 bits per heavy atom. The van der Waals surface area contributed by atoms with Crippen LogP contribution in [0.25, 0.3) is 22.5 Å². The van der Waals surface area contributed by atoms with Gasteiger partial charge in [-0.05, 0) is 36.1 Å². The Hall–Kier alpha value is -3.76. The molecule has 5 rings (SSSR count). The molecule has 0 bridgehead atoms. The minimum absolute atomic E-state index is 0.0616. The summed E-state index contributed by atoms with van der Waals surface area (Å²) in [5, 5.41) is 12.8.